The molecule has 116 valence electrons. The Morgan fingerprint density at radius 1 is 1.23 bits per heavy atom. The van der Waals surface area contributed by atoms with Crippen LogP contribution in [0.3, 0.4) is 0 Å². The van der Waals surface area contributed by atoms with Gasteiger partial charge in [0.05, 0.1) is 11.3 Å². The zero-order valence-electron chi connectivity index (χ0n) is 11.8. The van der Waals surface area contributed by atoms with Gasteiger partial charge in [-0.15, -0.1) is 6.58 Å². The first-order chi connectivity index (χ1) is 10.5. The molecule has 1 aromatic carbocycles. The lowest BCUT2D eigenvalue weighted by molar-refractivity contribution is 0.102. The second-order valence-electron chi connectivity index (χ2n) is 4.56. The van der Waals surface area contributed by atoms with Gasteiger partial charge in [0.2, 0.25) is 10.0 Å². The lowest BCUT2D eigenvalue weighted by Gasteiger charge is -2.07. The Hall–Kier alpha value is -1.96. The zero-order chi connectivity index (χ0) is 16.0. The van der Waals surface area contributed by atoms with Gasteiger partial charge in [-0.3, -0.25) is 4.79 Å². The van der Waals surface area contributed by atoms with Crippen LogP contribution in [-0.4, -0.2) is 20.9 Å². The SMILES string of the molecule is C=CCNS(=O)(=O)Cc1ccc(NC(=O)c2ccsc2)cc1. The van der Waals surface area contributed by atoms with E-state index in [1.165, 1.54) is 17.4 Å². The van der Waals surface area contributed by atoms with Gasteiger partial charge in [-0.05, 0) is 29.1 Å². The van der Waals surface area contributed by atoms with Crippen LogP contribution >= 0.6 is 11.3 Å². The number of thiophene rings is 1. The van der Waals surface area contributed by atoms with Gasteiger partial charge in [-0.1, -0.05) is 18.2 Å². The first kappa shape index (κ1) is 16.4. The Balaban J connectivity index is 1.98. The maximum Gasteiger partial charge on any atom is 0.256 e. The van der Waals surface area contributed by atoms with E-state index in [0.29, 0.717) is 16.8 Å². The summed E-state index contributed by atoms with van der Waals surface area (Å²) in [4.78, 5) is 11.9. The summed E-state index contributed by atoms with van der Waals surface area (Å²) in [6, 6.07) is 8.46. The first-order valence-electron chi connectivity index (χ1n) is 6.51. The van der Waals surface area contributed by atoms with E-state index in [-0.39, 0.29) is 18.2 Å². The molecule has 0 saturated carbocycles. The summed E-state index contributed by atoms with van der Waals surface area (Å²) < 4.78 is 25.9. The van der Waals surface area contributed by atoms with Crippen LogP contribution < -0.4 is 10.0 Å². The van der Waals surface area contributed by atoms with Crippen molar-refractivity contribution in [1.29, 1.82) is 0 Å². The molecule has 5 nitrogen and oxygen atoms in total. The molecular formula is C15H16N2O3S2. The van der Waals surface area contributed by atoms with Gasteiger partial charge < -0.3 is 5.32 Å². The summed E-state index contributed by atoms with van der Waals surface area (Å²) in [5.74, 6) is -0.297. The number of hydrogen-bond acceptors (Lipinski definition) is 4. The van der Waals surface area contributed by atoms with Gasteiger partial charge in [0.25, 0.3) is 5.91 Å². The van der Waals surface area contributed by atoms with Crippen molar-refractivity contribution in [1.82, 2.24) is 4.72 Å². The van der Waals surface area contributed by atoms with Crippen LogP contribution in [0.5, 0.6) is 0 Å². The molecule has 0 aliphatic carbocycles. The number of carbonyl (C=O) groups excluding carboxylic acids is 1. The maximum atomic E-state index is 11.9. The molecule has 0 atom stereocenters. The number of nitrogens with one attached hydrogen (secondary N) is 2. The molecule has 0 fully saturated rings. The predicted molar refractivity (Wildman–Crippen MR) is 89.5 cm³/mol. The van der Waals surface area contributed by atoms with E-state index in [1.54, 1.807) is 35.7 Å². The molecule has 22 heavy (non-hydrogen) atoms. The normalized spacial score (nSPS) is 11.1. The smallest absolute Gasteiger partial charge is 0.256 e. The fraction of sp³-hybridized carbons (Fsp3) is 0.133. The lowest BCUT2D eigenvalue weighted by Crippen LogP contribution is -2.25. The maximum absolute atomic E-state index is 11.9. The standard InChI is InChI=1S/C15H16N2O3S2/c1-2-8-16-22(19,20)11-12-3-5-14(6-4-12)17-15(18)13-7-9-21-10-13/h2-7,9-10,16H,1,8,11H2,(H,17,18). The Morgan fingerprint density at radius 3 is 2.55 bits per heavy atom. The number of sulfonamides is 1. The molecule has 2 aromatic rings. The topological polar surface area (TPSA) is 75.3 Å². The quantitative estimate of drug-likeness (QED) is 0.763. The van der Waals surface area contributed by atoms with Crippen molar-refractivity contribution in [2.75, 3.05) is 11.9 Å². The zero-order valence-corrected chi connectivity index (χ0v) is 13.4. The lowest BCUT2D eigenvalue weighted by atomic mass is 10.2. The number of carbonyl (C=O) groups is 1. The fourth-order valence-electron chi connectivity index (χ4n) is 1.74. The van der Waals surface area contributed by atoms with Gasteiger partial charge in [0.15, 0.2) is 0 Å². The third-order valence-corrected chi connectivity index (χ3v) is 4.80. The highest BCUT2D eigenvalue weighted by atomic mass is 32.2. The average Bonchev–Trinajstić information content (AvgIpc) is 3.01. The van der Waals surface area contributed by atoms with Crippen LogP contribution in [0, 0.1) is 0 Å². The van der Waals surface area contributed by atoms with Crippen molar-refractivity contribution in [2.45, 2.75) is 5.75 Å². The van der Waals surface area contributed by atoms with Gasteiger partial charge in [0.1, 0.15) is 0 Å². The summed E-state index contributed by atoms with van der Waals surface area (Å²) >= 11 is 1.45. The molecule has 2 N–H and O–H groups in total. The van der Waals surface area contributed by atoms with Crippen LogP contribution in [0.4, 0.5) is 5.69 Å². The van der Waals surface area contributed by atoms with E-state index in [1.807, 2.05) is 5.38 Å². The van der Waals surface area contributed by atoms with Crippen molar-refractivity contribution >= 4 is 33.0 Å². The van der Waals surface area contributed by atoms with Crippen molar-refractivity contribution < 1.29 is 13.2 Å². The number of amides is 1. The fourth-order valence-corrected chi connectivity index (χ4v) is 3.48. The average molecular weight is 336 g/mol. The summed E-state index contributed by atoms with van der Waals surface area (Å²) in [5.41, 5.74) is 1.87. The van der Waals surface area contributed by atoms with Gasteiger partial charge in [-0.25, -0.2) is 13.1 Å². The minimum absolute atomic E-state index is 0.112. The number of hydrogen-bond donors (Lipinski definition) is 2. The molecular weight excluding hydrogens is 320 g/mol. The number of anilines is 1. The highest BCUT2D eigenvalue weighted by Gasteiger charge is 2.11. The van der Waals surface area contributed by atoms with Crippen LogP contribution in [0.25, 0.3) is 0 Å². The number of rotatable bonds is 7. The Bertz CT molecular complexity index is 736. The van der Waals surface area contributed by atoms with E-state index in [0.717, 1.165) is 0 Å². The minimum Gasteiger partial charge on any atom is -0.322 e. The third kappa shape index (κ3) is 4.80. The van der Waals surface area contributed by atoms with E-state index in [4.69, 9.17) is 0 Å². The molecule has 0 aliphatic rings. The largest absolute Gasteiger partial charge is 0.322 e. The van der Waals surface area contributed by atoms with Crippen LogP contribution in [0.1, 0.15) is 15.9 Å². The molecule has 1 heterocycles. The molecule has 0 radical (unpaired) electrons. The summed E-state index contributed by atoms with van der Waals surface area (Å²) in [6.07, 6.45) is 1.49. The highest BCUT2D eigenvalue weighted by molar-refractivity contribution is 7.88. The highest BCUT2D eigenvalue weighted by Crippen LogP contribution is 2.14. The summed E-state index contributed by atoms with van der Waals surface area (Å²) in [6.45, 7) is 3.67. The van der Waals surface area contributed by atoms with Crippen molar-refractivity contribution in [3.05, 3.63) is 64.9 Å². The van der Waals surface area contributed by atoms with Crippen LogP contribution in [-0.2, 0) is 15.8 Å². The van der Waals surface area contributed by atoms with Crippen molar-refractivity contribution in [2.24, 2.45) is 0 Å². The number of benzene rings is 1. The van der Waals surface area contributed by atoms with Crippen LogP contribution in [0.15, 0.2) is 53.7 Å². The third-order valence-electron chi connectivity index (χ3n) is 2.80. The molecule has 0 spiro atoms. The molecule has 0 aliphatic heterocycles. The van der Waals surface area contributed by atoms with Crippen molar-refractivity contribution in [3.63, 3.8) is 0 Å². The summed E-state index contributed by atoms with van der Waals surface area (Å²) in [5, 5.41) is 6.36. The molecule has 1 aromatic heterocycles. The Kier molecular flexibility index (Phi) is 5.48. The van der Waals surface area contributed by atoms with E-state index < -0.39 is 10.0 Å². The molecule has 0 unspecified atom stereocenters. The van der Waals surface area contributed by atoms with Gasteiger partial charge in [0, 0.05) is 17.6 Å². The van der Waals surface area contributed by atoms with Crippen LogP contribution in [0.2, 0.25) is 0 Å². The molecule has 0 saturated heterocycles. The molecule has 7 heteroatoms. The monoisotopic (exact) mass is 336 g/mol. The second kappa shape index (κ2) is 7.35. The van der Waals surface area contributed by atoms with E-state index >= 15 is 0 Å². The Morgan fingerprint density at radius 2 is 1.95 bits per heavy atom. The first-order valence-corrected chi connectivity index (χ1v) is 9.10. The predicted octanol–water partition coefficient (Wildman–Crippen LogP) is 2.61. The summed E-state index contributed by atoms with van der Waals surface area (Å²) in [7, 11) is -3.38. The van der Waals surface area contributed by atoms with E-state index in [2.05, 4.69) is 16.6 Å². The van der Waals surface area contributed by atoms with Gasteiger partial charge >= 0.3 is 0 Å². The second-order valence-corrected chi connectivity index (χ2v) is 7.15. The van der Waals surface area contributed by atoms with Crippen molar-refractivity contribution in [3.8, 4) is 0 Å². The van der Waals surface area contributed by atoms with Gasteiger partial charge in [-0.2, -0.15) is 11.3 Å². The minimum atomic E-state index is -3.38. The van der Waals surface area contributed by atoms with E-state index in [9.17, 15) is 13.2 Å². The molecule has 2 rings (SSSR count). The molecule has 1 amide bonds. The molecule has 0 bridgehead atoms. The Labute approximate surface area is 133 Å².